The maximum atomic E-state index is 12.3. The molecule has 4 aromatic rings. The van der Waals surface area contributed by atoms with Crippen LogP contribution in [-0.2, 0) is 26.4 Å². The topological polar surface area (TPSA) is 80.8 Å². The fraction of sp³-hybridized carbons (Fsp3) is 0.333. The molecular weight excluding hydrogens is 390 g/mol. The number of aromatic amines is 1. The van der Waals surface area contributed by atoms with Gasteiger partial charge in [0.25, 0.3) is 0 Å². The first-order valence-corrected chi connectivity index (χ1v) is 10.1. The van der Waals surface area contributed by atoms with Crippen LogP contribution in [0.15, 0.2) is 35.3 Å². The first kappa shape index (κ1) is 19.4. The van der Waals surface area contributed by atoms with Gasteiger partial charge in [0.15, 0.2) is 0 Å². The Morgan fingerprint density at radius 2 is 2.03 bits per heavy atom. The third-order valence-electron chi connectivity index (χ3n) is 5.31. The second-order valence-corrected chi connectivity index (χ2v) is 7.72. The molecule has 0 saturated carbocycles. The maximum absolute atomic E-state index is 12.3. The van der Waals surface area contributed by atoms with Crippen molar-refractivity contribution in [1.82, 2.24) is 23.9 Å². The molecule has 0 unspecified atom stereocenters. The zero-order valence-corrected chi connectivity index (χ0v) is 17.5. The normalized spacial score (nSPS) is 11.6. The molecule has 4 rings (SSSR count). The summed E-state index contributed by atoms with van der Waals surface area (Å²) in [6, 6.07) is 7.81. The van der Waals surface area contributed by atoms with E-state index in [4.69, 9.17) is 11.6 Å². The molecule has 0 spiro atoms. The molecule has 0 aliphatic rings. The number of nitrogens with one attached hydrogen (secondary N) is 1. The lowest BCUT2D eigenvalue weighted by atomic mass is 10.1. The fourth-order valence-corrected chi connectivity index (χ4v) is 4.13. The summed E-state index contributed by atoms with van der Waals surface area (Å²) in [4.78, 5) is 15.0. The summed E-state index contributed by atoms with van der Waals surface area (Å²) in [5, 5.41) is 16.7. The molecule has 0 saturated heterocycles. The monoisotopic (exact) mass is 413 g/mol. The molecule has 1 aromatic carbocycles. The van der Waals surface area contributed by atoms with Gasteiger partial charge >= 0.3 is 5.69 Å². The average molecular weight is 414 g/mol. The van der Waals surface area contributed by atoms with Gasteiger partial charge < -0.3 is 14.7 Å². The average Bonchev–Trinajstić information content (AvgIpc) is 3.28. The van der Waals surface area contributed by atoms with Gasteiger partial charge in [0.05, 0.1) is 16.9 Å². The summed E-state index contributed by atoms with van der Waals surface area (Å²) in [6.45, 7) is 4.34. The number of aromatic nitrogens is 5. The summed E-state index contributed by atoms with van der Waals surface area (Å²) in [6.07, 6.45) is 4.06. The number of nitrogens with zero attached hydrogens (tertiary/aromatic N) is 4. The van der Waals surface area contributed by atoms with E-state index in [0.29, 0.717) is 30.1 Å². The van der Waals surface area contributed by atoms with Crippen molar-refractivity contribution in [2.75, 3.05) is 0 Å². The van der Waals surface area contributed by atoms with Crippen LogP contribution < -0.4 is 5.69 Å². The number of benzene rings is 1. The van der Waals surface area contributed by atoms with Gasteiger partial charge in [-0.1, -0.05) is 24.9 Å². The Bertz CT molecular complexity index is 1240. The van der Waals surface area contributed by atoms with Gasteiger partial charge in [-0.3, -0.25) is 9.25 Å². The molecule has 29 heavy (non-hydrogen) atoms. The number of H-pyrrole nitrogens is 1. The van der Waals surface area contributed by atoms with Gasteiger partial charge in [0.1, 0.15) is 5.82 Å². The highest BCUT2D eigenvalue weighted by atomic mass is 35.5. The Morgan fingerprint density at radius 1 is 1.24 bits per heavy atom. The van der Waals surface area contributed by atoms with Crippen LogP contribution in [-0.4, -0.2) is 29.0 Å². The minimum absolute atomic E-state index is 0.0287. The van der Waals surface area contributed by atoms with Crippen LogP contribution in [0.5, 0.6) is 5.88 Å². The van der Waals surface area contributed by atoms with Crippen molar-refractivity contribution >= 4 is 22.5 Å². The third-order valence-corrected chi connectivity index (χ3v) is 5.54. The number of fused-ring (bicyclic) bond motifs is 1. The molecule has 8 heteroatoms. The fourth-order valence-electron chi connectivity index (χ4n) is 3.95. The van der Waals surface area contributed by atoms with Gasteiger partial charge in [-0.25, -0.2) is 4.79 Å². The molecule has 7 nitrogen and oxygen atoms in total. The molecule has 152 valence electrons. The second-order valence-electron chi connectivity index (χ2n) is 7.28. The summed E-state index contributed by atoms with van der Waals surface area (Å²) in [5.74, 6) is 0.970. The van der Waals surface area contributed by atoms with E-state index in [-0.39, 0.29) is 11.6 Å². The number of imidazole rings is 1. The second kappa shape index (κ2) is 7.48. The van der Waals surface area contributed by atoms with E-state index in [1.165, 1.54) is 4.57 Å². The van der Waals surface area contributed by atoms with E-state index in [0.717, 1.165) is 34.4 Å². The number of aryl methyl sites for hydroxylation is 3. The number of hydrogen-bond donors (Lipinski definition) is 2. The Kier molecular flexibility index (Phi) is 5.00. The summed E-state index contributed by atoms with van der Waals surface area (Å²) in [5.41, 5.74) is 3.27. The minimum atomic E-state index is -0.282. The Balaban J connectivity index is 1.72. The highest BCUT2D eigenvalue weighted by Crippen LogP contribution is 2.27. The predicted octanol–water partition coefficient (Wildman–Crippen LogP) is 3.72. The van der Waals surface area contributed by atoms with E-state index in [1.54, 1.807) is 0 Å². The molecular formula is C21H24ClN5O2. The highest BCUT2D eigenvalue weighted by Gasteiger charge is 2.19. The molecule has 3 aromatic heterocycles. The van der Waals surface area contributed by atoms with E-state index >= 15 is 0 Å². The lowest BCUT2D eigenvalue weighted by Crippen LogP contribution is -2.18. The minimum Gasteiger partial charge on any atom is -0.493 e. The van der Waals surface area contributed by atoms with Crippen molar-refractivity contribution < 1.29 is 5.11 Å². The number of rotatable bonds is 6. The summed E-state index contributed by atoms with van der Waals surface area (Å²) in [7, 11) is 1.91. The van der Waals surface area contributed by atoms with Crippen molar-refractivity contribution in [2.45, 2.75) is 39.7 Å². The van der Waals surface area contributed by atoms with Crippen LogP contribution in [0.3, 0.4) is 0 Å². The molecule has 0 atom stereocenters. The van der Waals surface area contributed by atoms with Crippen molar-refractivity contribution in [2.24, 2.45) is 7.05 Å². The zero-order valence-electron chi connectivity index (χ0n) is 16.7. The Morgan fingerprint density at radius 3 is 2.79 bits per heavy atom. The lowest BCUT2D eigenvalue weighted by molar-refractivity contribution is 0.407. The summed E-state index contributed by atoms with van der Waals surface area (Å²) >= 11 is 6.13. The van der Waals surface area contributed by atoms with Crippen LogP contribution in [0.1, 0.15) is 30.3 Å². The summed E-state index contributed by atoms with van der Waals surface area (Å²) < 4.78 is 5.33. The maximum Gasteiger partial charge on any atom is 0.328 e. The number of halogens is 1. The van der Waals surface area contributed by atoms with Crippen LogP contribution in [0.25, 0.3) is 16.7 Å². The third kappa shape index (κ3) is 3.35. The first-order chi connectivity index (χ1) is 13.9. The van der Waals surface area contributed by atoms with Crippen LogP contribution >= 0.6 is 11.6 Å². The molecule has 3 heterocycles. The zero-order chi connectivity index (χ0) is 20.7. The highest BCUT2D eigenvalue weighted by molar-refractivity contribution is 6.31. The number of hydrogen-bond acceptors (Lipinski definition) is 3. The van der Waals surface area contributed by atoms with E-state index in [2.05, 4.69) is 14.6 Å². The van der Waals surface area contributed by atoms with Crippen molar-refractivity contribution in [3.05, 3.63) is 62.9 Å². The van der Waals surface area contributed by atoms with Gasteiger partial charge in [-0.2, -0.15) is 5.10 Å². The number of aromatic hydroxyl groups is 1. The van der Waals surface area contributed by atoms with E-state index in [1.807, 2.05) is 56.0 Å². The van der Waals surface area contributed by atoms with Gasteiger partial charge in [0.2, 0.25) is 5.88 Å². The molecule has 0 aliphatic heterocycles. The van der Waals surface area contributed by atoms with Crippen molar-refractivity contribution in [3.8, 4) is 11.7 Å². The molecule has 0 amide bonds. The van der Waals surface area contributed by atoms with Gasteiger partial charge in [-0.15, -0.1) is 0 Å². The van der Waals surface area contributed by atoms with Gasteiger partial charge in [0, 0.05) is 35.8 Å². The lowest BCUT2D eigenvalue weighted by Gasteiger charge is -2.11. The Labute approximate surface area is 173 Å². The van der Waals surface area contributed by atoms with Gasteiger partial charge in [-0.05, 0) is 44.0 Å². The van der Waals surface area contributed by atoms with Crippen molar-refractivity contribution in [3.63, 3.8) is 0 Å². The van der Waals surface area contributed by atoms with E-state index < -0.39 is 0 Å². The van der Waals surface area contributed by atoms with Crippen molar-refractivity contribution in [1.29, 1.82) is 0 Å². The standard InChI is InChI=1S/C21H24ClN5O2/c1-4-5-17-20(28)27(21(29)23-17)11-9-16-13(2)24-25(3)19(16)26-10-8-14-12-15(22)6-7-18(14)26/h6-8,10,12,28H,4-5,9,11H2,1-3H3,(H,23,29). The first-order valence-electron chi connectivity index (χ1n) is 9.70. The van der Waals surface area contributed by atoms with Crippen LogP contribution in [0, 0.1) is 6.92 Å². The molecule has 0 aliphatic carbocycles. The SMILES string of the molecule is CCCc1[nH]c(=O)n(CCc2c(C)nn(C)c2-n2ccc3cc(Cl)ccc32)c1O. The molecule has 0 bridgehead atoms. The van der Waals surface area contributed by atoms with E-state index in [9.17, 15) is 9.90 Å². The van der Waals surface area contributed by atoms with Crippen LogP contribution in [0.4, 0.5) is 0 Å². The molecule has 2 N–H and O–H groups in total. The largest absolute Gasteiger partial charge is 0.493 e. The van der Waals surface area contributed by atoms with Crippen LogP contribution in [0.2, 0.25) is 5.02 Å². The molecule has 0 radical (unpaired) electrons. The smallest absolute Gasteiger partial charge is 0.328 e. The quantitative estimate of drug-likeness (QED) is 0.505. The Hall–Kier alpha value is -2.93. The molecule has 0 fully saturated rings. The predicted molar refractivity (Wildman–Crippen MR) is 114 cm³/mol.